The maximum atomic E-state index is 7.61. The second-order valence-corrected chi connectivity index (χ2v) is 25.7. The van der Waals surface area contributed by atoms with Gasteiger partial charge in [0.05, 0.1) is 22.1 Å². The molecule has 0 N–H and O–H groups in total. The molecule has 0 spiro atoms. The fourth-order valence-electron chi connectivity index (χ4n) is 10.5. The van der Waals surface area contributed by atoms with Gasteiger partial charge in [0.25, 0.3) is 0 Å². The Hall–Kier alpha value is -6.25. The summed E-state index contributed by atoms with van der Waals surface area (Å²) in [5, 5.41) is 7.85. The molecule has 10 aromatic rings. The van der Waals surface area contributed by atoms with Crippen LogP contribution >= 0.6 is 0 Å². The number of rotatable bonds is 6. The van der Waals surface area contributed by atoms with Crippen molar-refractivity contribution in [2.24, 2.45) is 0 Å². The summed E-state index contributed by atoms with van der Waals surface area (Å²) in [6.07, 6.45) is 1.95. The van der Waals surface area contributed by atoms with Crippen LogP contribution in [0.4, 0.5) is 0 Å². The lowest BCUT2D eigenvalue weighted by molar-refractivity contribution is 0.573. The molecule has 59 heavy (non-hydrogen) atoms. The van der Waals surface area contributed by atoms with Crippen molar-refractivity contribution in [3.05, 3.63) is 192 Å². The fraction of sp³-hybridized carbons (Fsp3) is 0.111. The topological polar surface area (TPSA) is 19.1 Å². The van der Waals surface area contributed by atoms with E-state index in [-0.39, 0.29) is 0 Å². The molecule has 0 fully saturated rings. The van der Waals surface area contributed by atoms with Crippen molar-refractivity contribution < 1.29 is 4.12 Å². The quantitative estimate of drug-likeness (QED) is 0.154. The molecule has 0 aliphatic heterocycles. The molecule has 5 heteroatoms. The van der Waals surface area contributed by atoms with Crippen molar-refractivity contribution in [1.29, 1.82) is 0 Å². The summed E-state index contributed by atoms with van der Waals surface area (Å²) >= 11 is 0. The third kappa shape index (κ3) is 5.28. The molecule has 0 bridgehead atoms. The van der Waals surface area contributed by atoms with Gasteiger partial charge >= 0.3 is 0 Å². The van der Waals surface area contributed by atoms with Gasteiger partial charge in [-0.1, -0.05) is 109 Å². The summed E-state index contributed by atoms with van der Waals surface area (Å²) < 4.78 is 12.5. The van der Waals surface area contributed by atoms with Gasteiger partial charge in [-0.05, 0) is 155 Å². The highest BCUT2D eigenvalue weighted by Gasteiger charge is 2.37. The van der Waals surface area contributed by atoms with Gasteiger partial charge in [-0.25, -0.2) is 0 Å². The number of hydrogen-bond donors (Lipinski definition) is 0. The molecule has 2 aliphatic carbocycles. The van der Waals surface area contributed by atoms with Crippen LogP contribution in [0, 0.1) is 0 Å². The van der Waals surface area contributed by atoms with Crippen molar-refractivity contribution in [3.63, 3.8) is 0 Å². The highest BCUT2D eigenvalue weighted by atomic mass is 28.4. The Bertz CT molecular complexity index is 3130. The lowest BCUT2D eigenvalue weighted by Crippen LogP contribution is -2.57. The fourth-order valence-corrected chi connectivity index (χ4v) is 18.5. The lowest BCUT2D eigenvalue weighted by atomic mass is 10.0. The number of nitrogens with zero attached hydrogens (tertiary/aromatic N) is 2. The van der Waals surface area contributed by atoms with Crippen molar-refractivity contribution in [1.82, 2.24) is 9.13 Å². The molecule has 3 nitrogen and oxygen atoms in total. The number of fused-ring (bicyclic) bond motifs is 12. The molecule has 284 valence electrons. The molecule has 0 saturated carbocycles. The SMILES string of the molecule is C[Si](C)(O[Si](C)(C)c1ccc2c(c1)c1cc3c(cc1n2-c1ccccc1)Cc1ccccc1-3)c1ccc2c(c1)c1cc3c(cc1n2-c1ccccc1)Cc1ccccc1-3. The Kier molecular flexibility index (Phi) is 7.44. The summed E-state index contributed by atoms with van der Waals surface area (Å²) in [7, 11) is -4.85. The minimum Gasteiger partial charge on any atom is -0.449 e. The molecule has 8 aromatic carbocycles. The van der Waals surface area contributed by atoms with Gasteiger partial charge in [-0.2, -0.15) is 0 Å². The Balaban J connectivity index is 0.976. The maximum absolute atomic E-state index is 7.61. The van der Waals surface area contributed by atoms with E-state index < -0.39 is 16.6 Å². The minimum atomic E-state index is -2.43. The molecule has 0 unspecified atom stereocenters. The van der Waals surface area contributed by atoms with E-state index in [1.54, 1.807) is 0 Å². The molecule has 2 heterocycles. The van der Waals surface area contributed by atoms with Gasteiger partial charge in [-0.15, -0.1) is 0 Å². The first-order valence-corrected chi connectivity index (χ1v) is 26.7. The van der Waals surface area contributed by atoms with Gasteiger partial charge in [0.15, 0.2) is 0 Å². The monoisotopic (exact) mass is 792 g/mol. The number of benzene rings is 8. The van der Waals surface area contributed by atoms with E-state index in [4.69, 9.17) is 4.12 Å². The van der Waals surface area contributed by atoms with Crippen molar-refractivity contribution in [2.45, 2.75) is 39.0 Å². The summed E-state index contributed by atoms with van der Waals surface area (Å²) in [4.78, 5) is 0. The van der Waals surface area contributed by atoms with Crippen LogP contribution in [0.2, 0.25) is 26.2 Å². The lowest BCUT2D eigenvalue weighted by Gasteiger charge is -2.34. The van der Waals surface area contributed by atoms with Crippen LogP contribution in [0.25, 0.3) is 77.2 Å². The molecule has 2 aliphatic rings. The first kappa shape index (κ1) is 34.8. The Morgan fingerprint density at radius 1 is 0.356 bits per heavy atom. The van der Waals surface area contributed by atoms with Crippen LogP contribution in [-0.4, -0.2) is 25.8 Å². The first-order chi connectivity index (χ1) is 28.7. The molecule has 0 atom stereocenters. The smallest absolute Gasteiger partial charge is 0.206 e. The first-order valence-electron chi connectivity index (χ1n) is 20.9. The third-order valence-corrected chi connectivity index (χ3v) is 20.8. The van der Waals surface area contributed by atoms with Gasteiger partial charge in [0.2, 0.25) is 16.6 Å². The second kappa shape index (κ2) is 12.6. The Morgan fingerprint density at radius 3 is 1.19 bits per heavy atom. The van der Waals surface area contributed by atoms with Gasteiger partial charge in [0.1, 0.15) is 0 Å². The molecule has 0 radical (unpaired) electrons. The van der Waals surface area contributed by atoms with Gasteiger partial charge in [-0.3, -0.25) is 0 Å². The zero-order chi connectivity index (χ0) is 39.6. The largest absolute Gasteiger partial charge is 0.449 e. The number of aromatic nitrogens is 2. The maximum Gasteiger partial charge on any atom is 0.206 e. The third-order valence-electron chi connectivity index (χ3n) is 13.3. The average molecular weight is 793 g/mol. The standard InChI is InChI=1S/C54H44N2OSi2/c1-58(2,41-23-25-51-47(31-41)49-33-45-37(27-35-15-11-13-21-43(35)45)29-53(49)55(51)39-17-7-5-8-18-39)57-59(3,4)42-24-26-52-48(32-42)50-34-46-38(28-36-16-12-14-22-44(36)46)30-54(50)56(52)40-19-9-6-10-20-40/h5-26,29-34H,27-28H2,1-4H3. The van der Waals surface area contributed by atoms with Crippen LogP contribution in [0.1, 0.15) is 22.3 Å². The number of hydrogen-bond acceptors (Lipinski definition) is 1. The van der Waals surface area contributed by atoms with Crippen LogP contribution in [-0.2, 0) is 17.0 Å². The molecule has 12 rings (SSSR count). The Morgan fingerprint density at radius 2 is 0.746 bits per heavy atom. The normalized spacial score (nSPS) is 13.4. The summed E-state index contributed by atoms with van der Waals surface area (Å²) in [6, 6.07) is 63.7. The predicted octanol–water partition coefficient (Wildman–Crippen LogP) is 12.6. The van der Waals surface area contributed by atoms with Crippen LogP contribution in [0.5, 0.6) is 0 Å². The highest BCUT2D eigenvalue weighted by Crippen LogP contribution is 2.44. The highest BCUT2D eigenvalue weighted by molar-refractivity contribution is 6.97. The molecule has 2 aromatic heterocycles. The molecular formula is C54H44N2OSi2. The predicted molar refractivity (Wildman–Crippen MR) is 253 cm³/mol. The minimum absolute atomic E-state index is 0.977. The molecule has 0 amide bonds. The molecular weight excluding hydrogens is 749 g/mol. The second-order valence-electron chi connectivity index (χ2n) is 17.6. The zero-order valence-corrected chi connectivity index (χ0v) is 35.9. The zero-order valence-electron chi connectivity index (χ0n) is 33.9. The van der Waals surface area contributed by atoms with E-state index in [1.165, 1.54) is 110 Å². The van der Waals surface area contributed by atoms with Gasteiger partial charge < -0.3 is 13.2 Å². The Labute approximate surface area is 347 Å². The van der Waals surface area contributed by atoms with Crippen molar-refractivity contribution in [3.8, 4) is 33.6 Å². The van der Waals surface area contributed by atoms with E-state index in [1.807, 2.05) is 0 Å². The van der Waals surface area contributed by atoms with E-state index in [0.29, 0.717) is 0 Å². The van der Waals surface area contributed by atoms with Crippen LogP contribution < -0.4 is 10.4 Å². The number of para-hydroxylation sites is 2. The van der Waals surface area contributed by atoms with Crippen molar-refractivity contribution in [2.75, 3.05) is 0 Å². The van der Waals surface area contributed by atoms with Gasteiger partial charge in [0, 0.05) is 32.9 Å². The van der Waals surface area contributed by atoms with Crippen molar-refractivity contribution >= 4 is 70.6 Å². The van der Waals surface area contributed by atoms with E-state index in [9.17, 15) is 0 Å². The van der Waals surface area contributed by atoms with E-state index >= 15 is 0 Å². The van der Waals surface area contributed by atoms with E-state index in [2.05, 4.69) is 205 Å². The summed E-state index contributed by atoms with van der Waals surface area (Å²) in [6.45, 7) is 9.59. The molecule has 0 saturated heterocycles. The average Bonchev–Trinajstić information content (AvgIpc) is 3.99. The van der Waals surface area contributed by atoms with E-state index in [0.717, 1.165) is 12.8 Å². The van der Waals surface area contributed by atoms with Crippen LogP contribution in [0.3, 0.4) is 0 Å². The van der Waals surface area contributed by atoms with Crippen LogP contribution in [0.15, 0.2) is 170 Å². The summed E-state index contributed by atoms with van der Waals surface area (Å²) in [5.74, 6) is 0. The summed E-state index contributed by atoms with van der Waals surface area (Å²) in [5.41, 5.74) is 18.5.